The van der Waals surface area contributed by atoms with Gasteiger partial charge in [0.2, 0.25) is 0 Å². The fourth-order valence-corrected chi connectivity index (χ4v) is 5.44. The monoisotopic (exact) mass is 749 g/mol. The van der Waals surface area contributed by atoms with Gasteiger partial charge in [-0.05, 0) is 99.1 Å². The topological polar surface area (TPSA) is 50.9 Å². The van der Waals surface area contributed by atoms with Gasteiger partial charge in [-0.3, -0.25) is 0 Å². The van der Waals surface area contributed by atoms with Crippen LogP contribution >= 0.6 is 0 Å². The van der Waals surface area contributed by atoms with E-state index < -0.39 is 14.0 Å². The van der Waals surface area contributed by atoms with E-state index in [2.05, 4.69) is 50.0 Å². The fourth-order valence-electron chi connectivity index (χ4n) is 5.44. The second-order valence-corrected chi connectivity index (χ2v) is 10.3. The summed E-state index contributed by atoms with van der Waals surface area (Å²) >= 11 is 0. The Morgan fingerprint density at radius 1 is 0.767 bits per heavy atom. The number of hydrogen-bond donors (Lipinski definition) is 0. The molecule has 2 aliphatic rings. The Morgan fingerprint density at radius 2 is 1.37 bits per heavy atom. The molecule has 0 aliphatic carbocycles. The van der Waals surface area contributed by atoms with Crippen LogP contribution in [0.25, 0.3) is 32.9 Å². The Hall–Kier alpha value is -4.46. The van der Waals surface area contributed by atoms with Crippen LogP contribution in [-0.2, 0) is 21.1 Å². The quantitative estimate of drug-likeness (QED) is 0.178. The average Bonchev–Trinajstić information content (AvgIpc) is 3.79. The third-order valence-corrected chi connectivity index (χ3v) is 7.20. The molecule has 3 heterocycles. The molecule has 0 fully saturated rings. The molecule has 0 spiro atoms. The van der Waals surface area contributed by atoms with Crippen LogP contribution in [0.5, 0.6) is 0 Å². The first-order chi connectivity index (χ1) is 22.7. The largest absolute Gasteiger partial charge is 4.00 e. The molecule has 0 amide bonds. The maximum atomic E-state index is 8.84. The molecule has 0 saturated heterocycles. The van der Waals surface area contributed by atoms with Crippen molar-refractivity contribution in [3.63, 3.8) is 0 Å². The molecule has 6 nitrogen and oxygen atoms in total. The van der Waals surface area contributed by atoms with Gasteiger partial charge in [-0.1, -0.05) is 48.0 Å². The van der Waals surface area contributed by atoms with Crippen molar-refractivity contribution < 1.29 is 29.3 Å². The molecular formula is C36H32N6Pt. The number of para-hydroxylation sites is 1. The van der Waals surface area contributed by atoms with Crippen molar-refractivity contribution >= 4 is 33.2 Å². The van der Waals surface area contributed by atoms with E-state index >= 15 is 0 Å². The molecule has 0 bridgehead atoms. The Labute approximate surface area is 276 Å². The Bertz CT molecular complexity index is 2030. The molecule has 2 aliphatic heterocycles. The minimum absolute atomic E-state index is 0. The van der Waals surface area contributed by atoms with E-state index in [1.807, 2.05) is 48.5 Å². The van der Waals surface area contributed by atoms with E-state index in [1.165, 1.54) is 31.3 Å². The van der Waals surface area contributed by atoms with E-state index in [-0.39, 0.29) is 21.1 Å². The van der Waals surface area contributed by atoms with Gasteiger partial charge in [0.15, 0.2) is 0 Å². The van der Waals surface area contributed by atoms with Crippen LogP contribution in [0.15, 0.2) is 91.5 Å². The standard InChI is InChI=1S/C23H25N4.C13H7N2.Pt/c1-17-10-18(2)23(19(3)11-17)20-12-21(26-8-6-24(4)15-26)14-22(13-20)27-9-7-25(5)16-27;14-8-9-5-6-13-11(7-9)10-3-1-2-4-12(10)15-13;/h6-13,15-16H,1-5H3;1-7H;/q-3;-1;+4/i4D3,5D3;;. The van der Waals surface area contributed by atoms with E-state index in [1.54, 1.807) is 28.3 Å². The van der Waals surface area contributed by atoms with Gasteiger partial charge in [0, 0.05) is 8.22 Å². The first kappa shape index (κ1) is 23.1. The molecule has 7 rings (SSSR count). The number of aryl methyl sites for hydroxylation is 3. The number of rotatable bonds is 3. The van der Waals surface area contributed by atoms with Crippen LogP contribution in [-0.4, -0.2) is 23.8 Å². The number of aromatic nitrogens is 1. The molecule has 0 atom stereocenters. The van der Waals surface area contributed by atoms with Crippen LogP contribution in [0.3, 0.4) is 0 Å². The van der Waals surface area contributed by atoms with Gasteiger partial charge in [-0.25, -0.2) is 0 Å². The summed E-state index contributed by atoms with van der Waals surface area (Å²) in [4.78, 5) is 10.2. The second-order valence-electron chi connectivity index (χ2n) is 10.3. The van der Waals surface area contributed by atoms with Gasteiger partial charge in [0.25, 0.3) is 0 Å². The Kier molecular flexibility index (Phi) is 6.65. The smallest absolute Gasteiger partial charge is 0.657 e. The van der Waals surface area contributed by atoms with Crippen LogP contribution in [0.1, 0.15) is 30.5 Å². The second kappa shape index (κ2) is 12.4. The average molecular weight is 750 g/mol. The zero-order valence-corrected chi connectivity index (χ0v) is 26.1. The number of anilines is 2. The van der Waals surface area contributed by atoms with Crippen molar-refractivity contribution in [3.05, 3.63) is 133 Å². The van der Waals surface area contributed by atoms with Crippen LogP contribution < -0.4 is 14.8 Å². The van der Waals surface area contributed by atoms with Crippen LogP contribution in [0.4, 0.5) is 11.4 Å². The molecule has 0 N–H and O–H groups in total. The summed E-state index contributed by atoms with van der Waals surface area (Å²) in [7, 11) is 0. The fraction of sp³-hybridized carbons (Fsp3) is 0.139. The minimum atomic E-state index is -2.29. The van der Waals surface area contributed by atoms with Gasteiger partial charge in [0.05, 0.1) is 11.6 Å². The summed E-state index contributed by atoms with van der Waals surface area (Å²) in [5.41, 5.74) is 9.30. The first-order valence-electron chi connectivity index (χ1n) is 16.4. The van der Waals surface area contributed by atoms with E-state index in [0.717, 1.165) is 53.9 Å². The molecule has 4 aromatic carbocycles. The summed E-state index contributed by atoms with van der Waals surface area (Å²) in [6, 6.07) is 27.2. The van der Waals surface area contributed by atoms with E-state index in [0.29, 0.717) is 16.9 Å². The summed E-state index contributed by atoms with van der Waals surface area (Å²) in [6.07, 6.45) is 6.32. The molecular weight excluding hydrogens is 712 g/mol. The van der Waals surface area contributed by atoms with E-state index in [4.69, 9.17) is 13.5 Å². The third-order valence-electron chi connectivity index (χ3n) is 7.20. The van der Waals surface area contributed by atoms with Gasteiger partial charge < -0.3 is 24.6 Å². The van der Waals surface area contributed by atoms with Crippen molar-refractivity contribution in [2.45, 2.75) is 20.8 Å². The maximum Gasteiger partial charge on any atom is 4.00 e. The van der Waals surface area contributed by atoms with Crippen molar-refractivity contribution in [1.29, 1.82) is 5.26 Å². The summed E-state index contributed by atoms with van der Waals surface area (Å²) < 4.78 is 45.9. The maximum absolute atomic E-state index is 8.84. The van der Waals surface area contributed by atoms with Crippen LogP contribution in [0.2, 0.25) is 0 Å². The first-order valence-corrected chi connectivity index (χ1v) is 13.4. The summed E-state index contributed by atoms with van der Waals surface area (Å²) in [5, 5.41) is 11.0. The molecule has 0 saturated carbocycles. The predicted octanol–water partition coefficient (Wildman–Crippen LogP) is 7.58. The molecule has 7 heteroatoms. The van der Waals surface area contributed by atoms with Gasteiger partial charge >= 0.3 is 21.1 Å². The van der Waals surface area contributed by atoms with Crippen molar-refractivity contribution in [1.82, 2.24) is 14.8 Å². The molecule has 1 aromatic heterocycles. The van der Waals surface area contributed by atoms with Crippen molar-refractivity contribution in [3.8, 4) is 17.2 Å². The molecule has 0 unspecified atom stereocenters. The summed E-state index contributed by atoms with van der Waals surface area (Å²) in [6.45, 7) is 4.59. The number of nitrogens with zero attached hydrogens (tertiary/aromatic N) is 6. The zero-order valence-electron chi connectivity index (χ0n) is 29.8. The molecule has 5 aromatic rings. The SMILES string of the molecule is N#Cc1ccc2[n-]c3ccccc3c2c1.[2H]C([2H])([2H])N1C=CN(c2[c-]c(N3C=CN(C([2H])([2H])[2H])[CH-]3)cc(-c3c(C)cc(C)cc3C)c2)[CH-]1.[Pt+4]. The van der Waals surface area contributed by atoms with Gasteiger partial charge in [-0.2, -0.15) is 18.6 Å². The predicted molar refractivity (Wildman–Crippen MR) is 172 cm³/mol. The normalized spacial score (nSPS) is 16.5. The number of hydrogen-bond acceptors (Lipinski definition) is 5. The third kappa shape index (κ3) is 6.19. The Balaban J connectivity index is 0.000000243. The number of nitriles is 1. The van der Waals surface area contributed by atoms with Gasteiger partial charge in [0.1, 0.15) is 0 Å². The van der Waals surface area contributed by atoms with Gasteiger partial charge in [-0.15, -0.1) is 46.2 Å². The van der Waals surface area contributed by atoms with Crippen molar-refractivity contribution in [2.75, 3.05) is 23.8 Å². The number of benzene rings is 4. The zero-order chi connectivity index (χ0) is 34.4. The molecule has 0 radical (unpaired) electrons. The van der Waals surface area contributed by atoms with Crippen molar-refractivity contribution in [2.24, 2.45) is 0 Å². The summed E-state index contributed by atoms with van der Waals surface area (Å²) in [5.74, 6) is 0. The van der Waals surface area contributed by atoms with Crippen LogP contribution in [0, 0.1) is 51.5 Å². The minimum Gasteiger partial charge on any atom is -0.657 e. The molecule has 216 valence electrons. The molecule has 43 heavy (non-hydrogen) atoms. The van der Waals surface area contributed by atoms with E-state index in [9.17, 15) is 0 Å². The Morgan fingerprint density at radius 3 is 1.95 bits per heavy atom. The number of fused-ring (bicyclic) bond motifs is 3.